The van der Waals surface area contributed by atoms with Crippen LogP contribution in [0.15, 0.2) is 49.1 Å². The second-order valence-electron chi connectivity index (χ2n) is 10.0. The zero-order chi connectivity index (χ0) is 24.1. The molecular formula is C27H37F5O. The molecule has 2 saturated carbocycles. The summed E-state index contributed by atoms with van der Waals surface area (Å²) in [6.45, 7) is 4.33. The maximum atomic E-state index is 13.2. The van der Waals surface area contributed by atoms with E-state index in [1.54, 1.807) is 0 Å². The van der Waals surface area contributed by atoms with Crippen molar-refractivity contribution in [1.82, 2.24) is 0 Å². The number of allylic oxidation sites excluding steroid dienone is 7. The van der Waals surface area contributed by atoms with Gasteiger partial charge in [-0.15, -0.1) is 6.58 Å². The van der Waals surface area contributed by atoms with E-state index >= 15 is 0 Å². The van der Waals surface area contributed by atoms with Gasteiger partial charge in [-0.3, -0.25) is 0 Å². The first kappa shape index (κ1) is 26.2. The molecule has 0 aromatic heterocycles. The zero-order valence-corrected chi connectivity index (χ0v) is 19.5. The molecule has 6 heteroatoms. The maximum Gasteiger partial charge on any atom is 0.455 e. The molecule has 33 heavy (non-hydrogen) atoms. The van der Waals surface area contributed by atoms with Gasteiger partial charge < -0.3 is 4.74 Å². The fourth-order valence-electron chi connectivity index (χ4n) is 5.81. The fourth-order valence-corrected chi connectivity index (χ4v) is 5.81. The number of rotatable bonds is 11. The Hall–Kier alpha value is -1.43. The first-order valence-corrected chi connectivity index (χ1v) is 12.3. The Kier molecular flexibility index (Phi) is 8.99. The molecule has 7 atom stereocenters. The Bertz CT molecular complexity index is 723. The number of fused-ring (bicyclic) bond motifs is 1. The van der Waals surface area contributed by atoms with Crippen molar-refractivity contribution in [2.24, 2.45) is 41.4 Å². The number of hydrogen-bond donors (Lipinski definition) is 0. The van der Waals surface area contributed by atoms with Gasteiger partial charge in [0, 0.05) is 0 Å². The molecule has 0 N–H and O–H groups in total. The summed E-state index contributed by atoms with van der Waals surface area (Å²) in [6, 6.07) is 0. The van der Waals surface area contributed by atoms with Crippen LogP contribution in [0.1, 0.15) is 51.9 Å². The normalized spacial score (nSPS) is 34.7. The lowest BCUT2D eigenvalue weighted by molar-refractivity contribution is -0.297. The smallest absolute Gasteiger partial charge is 0.375 e. The van der Waals surface area contributed by atoms with Gasteiger partial charge in [-0.1, -0.05) is 62.3 Å². The standard InChI is InChI=1S/C27H37F5O/c1-3-5-6-7-9-21-16-22(25-11-8-10-24(21)25)13-12-20-14-19(4-2)15-23(20)17-33-18-26(28,29)27(30,31)32/h4,7-10,12-13,19-25H,2-3,5-6,11,14-18H2,1H3/b9-7+,13-12-. The molecule has 0 radical (unpaired) electrons. The van der Waals surface area contributed by atoms with Gasteiger partial charge in [0.2, 0.25) is 0 Å². The number of halogens is 5. The summed E-state index contributed by atoms with van der Waals surface area (Å²) in [5, 5.41) is 0. The van der Waals surface area contributed by atoms with Crippen molar-refractivity contribution in [2.45, 2.75) is 64.0 Å². The van der Waals surface area contributed by atoms with Crippen LogP contribution >= 0.6 is 0 Å². The van der Waals surface area contributed by atoms with Gasteiger partial charge in [-0.25, -0.2) is 0 Å². The summed E-state index contributed by atoms with van der Waals surface area (Å²) in [5.41, 5.74) is 0. The average Bonchev–Trinajstić information content (AvgIpc) is 3.45. The third-order valence-corrected chi connectivity index (χ3v) is 7.71. The Morgan fingerprint density at radius 3 is 2.45 bits per heavy atom. The van der Waals surface area contributed by atoms with Crippen LogP contribution in [0.3, 0.4) is 0 Å². The number of hydrogen-bond acceptors (Lipinski definition) is 1. The minimum atomic E-state index is -5.58. The van der Waals surface area contributed by atoms with Gasteiger partial charge in [0.05, 0.1) is 6.61 Å². The number of alkyl halides is 5. The van der Waals surface area contributed by atoms with Crippen LogP contribution in [0.25, 0.3) is 0 Å². The molecule has 2 fully saturated rings. The van der Waals surface area contributed by atoms with Crippen LogP contribution < -0.4 is 0 Å². The molecule has 1 nitrogen and oxygen atoms in total. The summed E-state index contributed by atoms with van der Waals surface area (Å²) in [6.07, 6.45) is 17.3. The molecule has 0 saturated heterocycles. The molecule has 0 aromatic rings. The molecule has 0 bridgehead atoms. The predicted molar refractivity (Wildman–Crippen MR) is 122 cm³/mol. The topological polar surface area (TPSA) is 9.23 Å². The van der Waals surface area contributed by atoms with Crippen molar-refractivity contribution >= 4 is 0 Å². The quantitative estimate of drug-likeness (QED) is 0.167. The molecular weight excluding hydrogens is 435 g/mol. The van der Waals surface area contributed by atoms with Gasteiger partial charge in [-0.2, -0.15) is 22.0 Å². The van der Waals surface area contributed by atoms with Crippen LogP contribution in [0.2, 0.25) is 0 Å². The van der Waals surface area contributed by atoms with Crippen molar-refractivity contribution < 1.29 is 26.7 Å². The summed E-state index contributed by atoms with van der Waals surface area (Å²) < 4.78 is 68.5. The lowest BCUT2D eigenvalue weighted by atomic mass is 9.88. The van der Waals surface area contributed by atoms with Gasteiger partial charge >= 0.3 is 12.1 Å². The summed E-state index contributed by atoms with van der Waals surface area (Å²) in [4.78, 5) is 0. The first-order valence-electron chi connectivity index (χ1n) is 12.3. The lowest BCUT2D eigenvalue weighted by Crippen LogP contribution is -2.41. The van der Waals surface area contributed by atoms with Gasteiger partial charge in [-0.05, 0) is 73.5 Å². The highest BCUT2D eigenvalue weighted by Crippen LogP contribution is 2.49. The Morgan fingerprint density at radius 1 is 1.00 bits per heavy atom. The summed E-state index contributed by atoms with van der Waals surface area (Å²) in [7, 11) is 0. The van der Waals surface area contributed by atoms with Crippen LogP contribution in [0.4, 0.5) is 22.0 Å². The lowest BCUT2D eigenvalue weighted by Gasteiger charge is -2.22. The summed E-state index contributed by atoms with van der Waals surface area (Å²) >= 11 is 0. The first-order chi connectivity index (χ1) is 15.7. The molecule has 186 valence electrons. The van der Waals surface area contributed by atoms with E-state index in [1.807, 2.05) is 6.08 Å². The molecule has 0 heterocycles. The molecule has 0 amide bonds. The summed E-state index contributed by atoms with van der Waals surface area (Å²) in [5.74, 6) is -2.36. The van der Waals surface area contributed by atoms with E-state index in [2.05, 4.69) is 50.0 Å². The van der Waals surface area contributed by atoms with Gasteiger partial charge in [0.25, 0.3) is 0 Å². The van der Waals surface area contributed by atoms with E-state index in [0.29, 0.717) is 30.1 Å². The monoisotopic (exact) mass is 472 g/mol. The van der Waals surface area contributed by atoms with Crippen molar-refractivity contribution in [3.05, 3.63) is 49.1 Å². The Morgan fingerprint density at radius 2 is 1.76 bits per heavy atom. The largest absolute Gasteiger partial charge is 0.455 e. The molecule has 3 aliphatic rings. The Balaban J connectivity index is 1.58. The highest BCUT2D eigenvalue weighted by molar-refractivity contribution is 5.17. The van der Waals surface area contributed by atoms with Crippen LogP contribution in [-0.2, 0) is 4.74 Å². The van der Waals surface area contributed by atoms with Gasteiger partial charge in [0.1, 0.15) is 6.61 Å². The van der Waals surface area contributed by atoms with E-state index in [1.165, 1.54) is 12.8 Å². The molecule has 0 aliphatic heterocycles. The second kappa shape index (κ2) is 11.3. The van der Waals surface area contributed by atoms with Crippen LogP contribution in [-0.4, -0.2) is 25.3 Å². The van der Waals surface area contributed by atoms with Gasteiger partial charge in [0.15, 0.2) is 0 Å². The average molecular weight is 473 g/mol. The molecule has 0 aromatic carbocycles. The molecule has 7 unspecified atom stereocenters. The van der Waals surface area contributed by atoms with E-state index in [4.69, 9.17) is 4.74 Å². The van der Waals surface area contributed by atoms with Crippen molar-refractivity contribution in [1.29, 1.82) is 0 Å². The van der Waals surface area contributed by atoms with Crippen molar-refractivity contribution in [3.63, 3.8) is 0 Å². The molecule has 3 rings (SSSR count). The third-order valence-electron chi connectivity index (χ3n) is 7.71. The highest BCUT2D eigenvalue weighted by Gasteiger charge is 2.57. The second-order valence-corrected chi connectivity index (χ2v) is 10.0. The minimum Gasteiger partial charge on any atom is -0.375 e. The fraction of sp³-hybridized carbons (Fsp3) is 0.704. The Labute approximate surface area is 194 Å². The minimum absolute atomic E-state index is 0.0723. The van der Waals surface area contributed by atoms with E-state index in [0.717, 1.165) is 25.7 Å². The maximum absolute atomic E-state index is 13.2. The number of unbranched alkanes of at least 4 members (excludes halogenated alkanes) is 2. The zero-order valence-electron chi connectivity index (χ0n) is 19.5. The van der Waals surface area contributed by atoms with Crippen molar-refractivity contribution in [3.8, 4) is 0 Å². The van der Waals surface area contributed by atoms with Crippen LogP contribution in [0, 0.1) is 41.4 Å². The third kappa shape index (κ3) is 6.58. The molecule has 3 aliphatic carbocycles. The predicted octanol–water partition coefficient (Wildman–Crippen LogP) is 8.16. The van der Waals surface area contributed by atoms with E-state index in [9.17, 15) is 22.0 Å². The highest BCUT2D eigenvalue weighted by atomic mass is 19.4. The van der Waals surface area contributed by atoms with Crippen molar-refractivity contribution in [2.75, 3.05) is 13.2 Å². The number of ether oxygens (including phenoxy) is 1. The SMILES string of the molecule is C=CC1CC(/C=C\C2CC(/C=C/CCCC)C3C=CCC23)C(COCC(F)(F)C(F)(F)F)C1. The van der Waals surface area contributed by atoms with Crippen LogP contribution in [0.5, 0.6) is 0 Å². The molecule has 0 spiro atoms. The van der Waals surface area contributed by atoms with E-state index < -0.39 is 18.7 Å². The van der Waals surface area contributed by atoms with E-state index in [-0.39, 0.29) is 24.4 Å².